The van der Waals surface area contributed by atoms with E-state index in [0.717, 1.165) is 71.5 Å². The molecule has 53 heavy (non-hydrogen) atoms. The molecule has 0 atom stereocenters. The summed E-state index contributed by atoms with van der Waals surface area (Å²) < 4.78 is 6.69. The number of aromatic nitrogens is 3. The Morgan fingerprint density at radius 1 is 0.340 bits per heavy atom. The molecule has 0 saturated heterocycles. The van der Waals surface area contributed by atoms with Crippen LogP contribution in [0, 0.1) is 0 Å². The molecule has 0 N–H and O–H groups in total. The van der Waals surface area contributed by atoms with Gasteiger partial charge in [0.15, 0.2) is 0 Å². The van der Waals surface area contributed by atoms with Crippen molar-refractivity contribution in [1.29, 1.82) is 0 Å². The van der Waals surface area contributed by atoms with E-state index >= 15 is 0 Å². The van der Waals surface area contributed by atoms with E-state index in [1.807, 2.05) is 28.7 Å². The molecule has 0 amide bonds. The van der Waals surface area contributed by atoms with Crippen molar-refractivity contribution in [2.75, 3.05) is 0 Å². The summed E-state index contributed by atoms with van der Waals surface area (Å²) in [4.78, 5) is 14.2. The van der Waals surface area contributed by atoms with Gasteiger partial charge in [0, 0.05) is 54.3 Å². The fourth-order valence-electron chi connectivity index (χ4n) is 9.16. The molecule has 0 aliphatic heterocycles. The quantitative estimate of drug-likeness (QED) is 0.172. The van der Waals surface area contributed by atoms with Crippen molar-refractivity contribution in [2.45, 2.75) is 0 Å². The van der Waals surface area contributed by atoms with E-state index in [0.29, 0.717) is 0 Å². The van der Waals surface area contributed by atoms with E-state index in [-0.39, 0.29) is 5.56 Å². The molecular weight excluding hydrogens is 647 g/mol. The number of hydrogen-bond donors (Lipinski definition) is 0. The fourth-order valence-corrected chi connectivity index (χ4v) is 9.16. The van der Waals surface area contributed by atoms with Crippen LogP contribution in [-0.2, 0) is 0 Å². The van der Waals surface area contributed by atoms with E-state index in [9.17, 15) is 4.79 Å². The Labute approximate surface area is 302 Å². The van der Waals surface area contributed by atoms with Crippen molar-refractivity contribution < 1.29 is 0 Å². The maximum atomic E-state index is 14.2. The second-order valence-electron chi connectivity index (χ2n) is 14.1. The first-order valence-corrected chi connectivity index (χ1v) is 18.1. The molecule has 8 aromatic carbocycles. The summed E-state index contributed by atoms with van der Waals surface area (Å²) in [5, 5.41) is 9.90. The monoisotopic (exact) mass is 675 g/mol. The standard InChI is InChI=1S/C49H29N3O/c53-49-39-26-24-30(28-40(39)38-18-11-17-37-35-15-4-10-23-46(35)52(49)48(37)38)32-12-1-6-19-42(32)51-45-22-9-5-16-36(45)41-29-31(25-27-47(41)51)50-43-20-7-2-13-33(43)34-14-3-8-21-44(34)50/h1-29H. The number of pyridine rings is 1. The average molecular weight is 676 g/mol. The highest BCUT2D eigenvalue weighted by Crippen LogP contribution is 2.40. The van der Waals surface area contributed by atoms with Crippen LogP contribution in [0.5, 0.6) is 0 Å². The molecule has 12 rings (SSSR count). The minimum absolute atomic E-state index is 0.0196. The Hall–Kier alpha value is -7.17. The maximum absolute atomic E-state index is 14.2. The SMILES string of the molecule is O=c1c2ccc(-c3ccccc3-n3c4ccccc4c4cc(-n5c6ccccc6c6ccccc65)ccc43)cc2c2cccc3c4ccccc4n1c23. The van der Waals surface area contributed by atoms with Gasteiger partial charge in [-0.1, -0.05) is 115 Å². The van der Waals surface area contributed by atoms with Gasteiger partial charge in [0.25, 0.3) is 5.56 Å². The lowest BCUT2D eigenvalue weighted by Crippen LogP contribution is -2.12. The van der Waals surface area contributed by atoms with Crippen molar-refractivity contribution >= 4 is 81.6 Å². The van der Waals surface area contributed by atoms with Crippen LogP contribution in [0.3, 0.4) is 0 Å². The molecule has 246 valence electrons. The summed E-state index contributed by atoms with van der Waals surface area (Å²) >= 11 is 0. The number of fused-ring (bicyclic) bond motifs is 11. The zero-order valence-electron chi connectivity index (χ0n) is 28.5. The molecule has 12 aromatic rings. The van der Waals surface area contributed by atoms with E-state index in [2.05, 4.69) is 161 Å². The Kier molecular flexibility index (Phi) is 5.62. The normalized spacial score (nSPS) is 12.2. The molecule has 0 bridgehead atoms. The van der Waals surface area contributed by atoms with Gasteiger partial charge < -0.3 is 9.13 Å². The molecule has 0 radical (unpaired) electrons. The zero-order valence-corrected chi connectivity index (χ0v) is 28.5. The van der Waals surface area contributed by atoms with Gasteiger partial charge in [0.05, 0.1) is 38.8 Å². The van der Waals surface area contributed by atoms with Gasteiger partial charge in [0.1, 0.15) is 0 Å². The summed E-state index contributed by atoms with van der Waals surface area (Å²) in [5.74, 6) is 0. The molecule has 4 heterocycles. The van der Waals surface area contributed by atoms with Gasteiger partial charge in [-0.05, 0) is 71.6 Å². The molecule has 0 fully saturated rings. The molecular formula is C49H29N3O. The summed E-state index contributed by atoms with van der Waals surface area (Å²) in [6.45, 7) is 0. The fraction of sp³-hybridized carbons (Fsp3) is 0. The number of para-hydroxylation sites is 6. The minimum atomic E-state index is 0.0196. The highest BCUT2D eigenvalue weighted by molar-refractivity contribution is 6.20. The molecule has 0 spiro atoms. The van der Waals surface area contributed by atoms with Gasteiger partial charge in [-0.2, -0.15) is 0 Å². The van der Waals surface area contributed by atoms with Crippen LogP contribution >= 0.6 is 0 Å². The van der Waals surface area contributed by atoms with Crippen molar-refractivity contribution in [3.8, 4) is 22.5 Å². The highest BCUT2D eigenvalue weighted by Gasteiger charge is 2.20. The lowest BCUT2D eigenvalue weighted by Gasteiger charge is -2.15. The molecule has 4 nitrogen and oxygen atoms in total. The van der Waals surface area contributed by atoms with E-state index < -0.39 is 0 Å². The first-order chi connectivity index (χ1) is 26.2. The minimum Gasteiger partial charge on any atom is -0.309 e. The van der Waals surface area contributed by atoms with Crippen LogP contribution in [0.15, 0.2) is 181 Å². The third-order valence-electron chi connectivity index (χ3n) is 11.4. The van der Waals surface area contributed by atoms with Crippen LogP contribution in [0.1, 0.15) is 0 Å². The second kappa shape index (κ2) is 10.4. The largest absolute Gasteiger partial charge is 0.309 e. The first kappa shape index (κ1) is 28.5. The van der Waals surface area contributed by atoms with Gasteiger partial charge in [0.2, 0.25) is 0 Å². The Morgan fingerprint density at radius 3 is 1.58 bits per heavy atom. The maximum Gasteiger partial charge on any atom is 0.263 e. The lowest BCUT2D eigenvalue weighted by atomic mass is 9.97. The summed E-state index contributed by atoms with van der Waals surface area (Å²) in [6, 6.07) is 62.5. The number of rotatable bonds is 3. The third-order valence-corrected chi connectivity index (χ3v) is 11.4. The highest BCUT2D eigenvalue weighted by atomic mass is 16.1. The van der Waals surface area contributed by atoms with Gasteiger partial charge in [-0.25, -0.2) is 0 Å². The van der Waals surface area contributed by atoms with E-state index in [4.69, 9.17) is 0 Å². The van der Waals surface area contributed by atoms with E-state index in [1.54, 1.807) is 0 Å². The van der Waals surface area contributed by atoms with Crippen LogP contribution in [-0.4, -0.2) is 13.5 Å². The Morgan fingerprint density at radius 2 is 0.868 bits per heavy atom. The molecule has 0 saturated carbocycles. The summed E-state index contributed by atoms with van der Waals surface area (Å²) in [5.41, 5.74) is 11.1. The van der Waals surface area contributed by atoms with Gasteiger partial charge in [-0.15, -0.1) is 0 Å². The Bertz CT molecular complexity index is 3490. The molecule has 4 aromatic heterocycles. The number of nitrogens with zero attached hydrogens (tertiary/aromatic N) is 3. The van der Waals surface area contributed by atoms with Crippen molar-refractivity contribution in [3.05, 3.63) is 186 Å². The Balaban J connectivity index is 1.10. The van der Waals surface area contributed by atoms with Crippen LogP contribution in [0.2, 0.25) is 0 Å². The number of benzene rings is 8. The summed E-state index contributed by atoms with van der Waals surface area (Å²) in [7, 11) is 0. The van der Waals surface area contributed by atoms with Crippen LogP contribution < -0.4 is 5.56 Å². The topological polar surface area (TPSA) is 31.3 Å². The van der Waals surface area contributed by atoms with Crippen LogP contribution in [0.25, 0.3) is 104 Å². The van der Waals surface area contributed by atoms with E-state index in [1.165, 1.54) is 32.6 Å². The predicted octanol–water partition coefficient (Wildman–Crippen LogP) is 12.1. The number of hydrogen-bond acceptors (Lipinski definition) is 1. The molecule has 4 heteroatoms. The van der Waals surface area contributed by atoms with Crippen molar-refractivity contribution in [1.82, 2.24) is 13.5 Å². The molecule has 0 unspecified atom stereocenters. The zero-order chi connectivity index (χ0) is 34.8. The predicted molar refractivity (Wildman–Crippen MR) is 221 cm³/mol. The smallest absolute Gasteiger partial charge is 0.263 e. The lowest BCUT2D eigenvalue weighted by molar-refractivity contribution is 1.17. The van der Waals surface area contributed by atoms with Crippen molar-refractivity contribution in [2.24, 2.45) is 0 Å². The molecule has 0 aliphatic carbocycles. The van der Waals surface area contributed by atoms with Gasteiger partial charge >= 0.3 is 0 Å². The average Bonchev–Trinajstić information content (AvgIpc) is 3.86. The van der Waals surface area contributed by atoms with Crippen LogP contribution in [0.4, 0.5) is 0 Å². The third kappa shape index (κ3) is 3.76. The summed E-state index contributed by atoms with van der Waals surface area (Å²) in [6.07, 6.45) is 0. The van der Waals surface area contributed by atoms with Gasteiger partial charge in [-0.3, -0.25) is 9.20 Å². The first-order valence-electron chi connectivity index (χ1n) is 18.1. The van der Waals surface area contributed by atoms with Crippen molar-refractivity contribution in [3.63, 3.8) is 0 Å². The molecule has 0 aliphatic rings. The second-order valence-corrected chi connectivity index (χ2v) is 14.1.